The number of morpholine rings is 1. The van der Waals surface area contributed by atoms with Gasteiger partial charge in [-0.1, -0.05) is 41.9 Å². The van der Waals surface area contributed by atoms with Crippen molar-refractivity contribution in [3.63, 3.8) is 0 Å². The van der Waals surface area contributed by atoms with E-state index in [1.165, 1.54) is 18.2 Å². The molecular weight excluding hydrogens is 382 g/mol. The average molecular weight is 404 g/mol. The van der Waals surface area contributed by atoms with E-state index in [9.17, 15) is 14.9 Å². The van der Waals surface area contributed by atoms with Gasteiger partial charge in [-0.15, -0.1) is 0 Å². The molecule has 1 atom stereocenters. The topological polar surface area (TPSA) is 84.7 Å². The van der Waals surface area contributed by atoms with Gasteiger partial charge in [-0.2, -0.15) is 0 Å². The molecule has 0 radical (unpaired) electrons. The van der Waals surface area contributed by atoms with Gasteiger partial charge in [0.1, 0.15) is 5.56 Å². The highest BCUT2D eigenvalue weighted by Crippen LogP contribution is 2.23. The van der Waals surface area contributed by atoms with Gasteiger partial charge in [-0.3, -0.25) is 19.8 Å². The fourth-order valence-corrected chi connectivity index (χ4v) is 3.40. The van der Waals surface area contributed by atoms with Gasteiger partial charge in [0.25, 0.3) is 11.6 Å². The van der Waals surface area contributed by atoms with Gasteiger partial charge in [0.2, 0.25) is 0 Å². The number of carbonyl (C=O) groups excluding carboxylic acids is 1. The van der Waals surface area contributed by atoms with Crippen LogP contribution >= 0.6 is 11.6 Å². The lowest BCUT2D eigenvalue weighted by atomic mass is 10.1. The number of amides is 1. The van der Waals surface area contributed by atoms with E-state index in [4.69, 9.17) is 16.3 Å². The molecule has 1 N–H and O–H groups in total. The Morgan fingerprint density at radius 1 is 1.29 bits per heavy atom. The predicted octanol–water partition coefficient (Wildman–Crippen LogP) is 3.44. The first-order valence-electron chi connectivity index (χ1n) is 9.15. The summed E-state index contributed by atoms with van der Waals surface area (Å²) in [7, 11) is 0. The van der Waals surface area contributed by atoms with Crippen molar-refractivity contribution in [2.24, 2.45) is 0 Å². The lowest BCUT2D eigenvalue weighted by molar-refractivity contribution is -0.385. The van der Waals surface area contributed by atoms with Crippen LogP contribution in [0.4, 0.5) is 5.69 Å². The first kappa shape index (κ1) is 20.3. The molecule has 148 valence electrons. The number of rotatable bonds is 7. The zero-order chi connectivity index (χ0) is 19.9. The highest BCUT2D eigenvalue weighted by molar-refractivity contribution is 6.31. The number of nitrogens with zero attached hydrogens (tertiary/aromatic N) is 2. The standard InChI is InChI=1S/C20H22ClN3O4/c21-16-7-8-18(24(26)27)17(13-16)20(25)22-9-4-10-23-11-12-28-19(14-23)15-5-2-1-3-6-15/h1-3,5-8,13,19H,4,9-12,14H2,(H,22,25). The number of hydrogen-bond donors (Lipinski definition) is 1. The Balaban J connectivity index is 1.47. The van der Waals surface area contributed by atoms with Crippen LogP contribution in [0.15, 0.2) is 48.5 Å². The number of halogens is 1. The summed E-state index contributed by atoms with van der Waals surface area (Å²) in [6, 6.07) is 14.1. The van der Waals surface area contributed by atoms with E-state index < -0.39 is 10.8 Å². The molecule has 0 spiro atoms. The van der Waals surface area contributed by atoms with Crippen molar-refractivity contribution < 1.29 is 14.5 Å². The maximum atomic E-state index is 12.3. The van der Waals surface area contributed by atoms with E-state index in [0.29, 0.717) is 13.2 Å². The van der Waals surface area contributed by atoms with Crippen molar-refractivity contribution in [3.05, 3.63) is 74.8 Å². The van der Waals surface area contributed by atoms with Crippen LogP contribution in [0.5, 0.6) is 0 Å². The lowest BCUT2D eigenvalue weighted by Gasteiger charge is -2.33. The van der Waals surface area contributed by atoms with Crippen LogP contribution in [0, 0.1) is 10.1 Å². The van der Waals surface area contributed by atoms with Crippen molar-refractivity contribution in [1.82, 2.24) is 10.2 Å². The monoisotopic (exact) mass is 403 g/mol. The fourth-order valence-electron chi connectivity index (χ4n) is 3.22. The van der Waals surface area contributed by atoms with Crippen molar-refractivity contribution >= 4 is 23.2 Å². The number of nitrogens with one attached hydrogen (secondary N) is 1. The Labute approximate surface area is 168 Å². The van der Waals surface area contributed by atoms with Crippen LogP contribution in [0.3, 0.4) is 0 Å². The zero-order valence-corrected chi connectivity index (χ0v) is 16.1. The van der Waals surface area contributed by atoms with Crippen LogP contribution < -0.4 is 5.32 Å². The van der Waals surface area contributed by atoms with Gasteiger partial charge in [0.05, 0.1) is 17.6 Å². The Kier molecular flexibility index (Phi) is 6.97. The molecular formula is C20H22ClN3O4. The van der Waals surface area contributed by atoms with E-state index in [1.807, 2.05) is 18.2 Å². The molecule has 1 aliphatic heterocycles. The van der Waals surface area contributed by atoms with E-state index in [0.717, 1.165) is 31.6 Å². The predicted molar refractivity (Wildman–Crippen MR) is 107 cm³/mol. The van der Waals surface area contributed by atoms with E-state index >= 15 is 0 Å². The average Bonchev–Trinajstić information content (AvgIpc) is 2.71. The summed E-state index contributed by atoms with van der Waals surface area (Å²) in [5.41, 5.74) is 0.891. The van der Waals surface area contributed by atoms with Gasteiger partial charge < -0.3 is 10.1 Å². The molecule has 1 aliphatic rings. The molecule has 8 heteroatoms. The SMILES string of the molecule is O=C(NCCCN1CCOC(c2ccccc2)C1)c1cc(Cl)ccc1[N+](=O)[O-]. The van der Waals surface area contributed by atoms with E-state index in [-0.39, 0.29) is 22.4 Å². The lowest BCUT2D eigenvalue weighted by Crippen LogP contribution is -2.39. The molecule has 0 saturated carbocycles. The molecule has 0 aromatic heterocycles. The van der Waals surface area contributed by atoms with Gasteiger partial charge >= 0.3 is 0 Å². The normalized spacial score (nSPS) is 17.2. The number of benzene rings is 2. The molecule has 1 unspecified atom stereocenters. The summed E-state index contributed by atoms with van der Waals surface area (Å²) in [6.07, 6.45) is 0.792. The molecule has 2 aromatic rings. The molecule has 7 nitrogen and oxygen atoms in total. The second kappa shape index (κ2) is 9.64. The van der Waals surface area contributed by atoms with Crippen LogP contribution in [0.1, 0.15) is 28.4 Å². The molecule has 28 heavy (non-hydrogen) atoms. The highest BCUT2D eigenvalue weighted by Gasteiger charge is 2.22. The molecule has 1 heterocycles. The maximum Gasteiger partial charge on any atom is 0.282 e. The number of nitro benzene ring substituents is 1. The van der Waals surface area contributed by atoms with Crippen molar-refractivity contribution in [2.75, 3.05) is 32.8 Å². The molecule has 1 amide bonds. The Bertz CT molecular complexity index is 831. The van der Waals surface area contributed by atoms with Crippen LogP contribution in [-0.2, 0) is 4.74 Å². The fraction of sp³-hybridized carbons (Fsp3) is 0.350. The van der Waals surface area contributed by atoms with E-state index in [2.05, 4.69) is 22.3 Å². The van der Waals surface area contributed by atoms with Gasteiger partial charge in [0, 0.05) is 37.3 Å². The first-order valence-corrected chi connectivity index (χ1v) is 9.53. The van der Waals surface area contributed by atoms with Gasteiger partial charge in [0.15, 0.2) is 0 Å². The van der Waals surface area contributed by atoms with Crippen molar-refractivity contribution in [3.8, 4) is 0 Å². The zero-order valence-electron chi connectivity index (χ0n) is 15.3. The maximum absolute atomic E-state index is 12.3. The summed E-state index contributed by atoms with van der Waals surface area (Å²) in [5.74, 6) is -0.488. The Morgan fingerprint density at radius 3 is 2.82 bits per heavy atom. The van der Waals surface area contributed by atoms with Crippen LogP contribution in [0.25, 0.3) is 0 Å². The smallest absolute Gasteiger partial charge is 0.282 e. The Morgan fingerprint density at radius 2 is 2.07 bits per heavy atom. The minimum absolute atomic E-state index is 0.0204. The third kappa shape index (κ3) is 5.28. The van der Waals surface area contributed by atoms with Gasteiger partial charge in [-0.25, -0.2) is 0 Å². The van der Waals surface area contributed by atoms with Crippen molar-refractivity contribution in [1.29, 1.82) is 0 Å². The van der Waals surface area contributed by atoms with Crippen LogP contribution in [-0.4, -0.2) is 48.5 Å². The number of nitro groups is 1. The second-order valence-corrected chi connectivity index (χ2v) is 7.04. The third-order valence-electron chi connectivity index (χ3n) is 4.66. The molecule has 0 aliphatic carbocycles. The van der Waals surface area contributed by atoms with Crippen molar-refractivity contribution in [2.45, 2.75) is 12.5 Å². The first-order chi connectivity index (χ1) is 13.5. The number of carbonyl (C=O) groups is 1. The summed E-state index contributed by atoms with van der Waals surface area (Å²) < 4.78 is 5.86. The number of ether oxygens (including phenoxy) is 1. The summed E-state index contributed by atoms with van der Waals surface area (Å²) in [6.45, 7) is 3.55. The molecule has 1 fully saturated rings. The summed E-state index contributed by atoms with van der Waals surface area (Å²) in [5, 5.41) is 14.1. The molecule has 2 aromatic carbocycles. The summed E-state index contributed by atoms with van der Waals surface area (Å²) in [4.78, 5) is 25.1. The van der Waals surface area contributed by atoms with E-state index in [1.54, 1.807) is 0 Å². The second-order valence-electron chi connectivity index (χ2n) is 6.60. The molecule has 1 saturated heterocycles. The summed E-state index contributed by atoms with van der Waals surface area (Å²) >= 11 is 5.87. The van der Waals surface area contributed by atoms with Gasteiger partial charge in [-0.05, 0) is 24.1 Å². The third-order valence-corrected chi connectivity index (χ3v) is 4.89. The minimum Gasteiger partial charge on any atom is -0.371 e. The minimum atomic E-state index is -0.581. The highest BCUT2D eigenvalue weighted by atomic mass is 35.5. The molecule has 0 bridgehead atoms. The quantitative estimate of drug-likeness (QED) is 0.435. The Hall–Kier alpha value is -2.48. The largest absolute Gasteiger partial charge is 0.371 e. The molecule has 3 rings (SSSR count). The van der Waals surface area contributed by atoms with Crippen LogP contribution in [0.2, 0.25) is 5.02 Å². The number of hydrogen-bond acceptors (Lipinski definition) is 5.